The zero-order valence-corrected chi connectivity index (χ0v) is 16.4. The van der Waals surface area contributed by atoms with E-state index in [1.807, 2.05) is 13.2 Å². The normalized spacial score (nSPS) is 11.1. The lowest BCUT2D eigenvalue weighted by molar-refractivity contribution is -0.111. The number of amides is 1. The van der Waals surface area contributed by atoms with Crippen LogP contribution in [0.4, 0.5) is 5.69 Å². The molecule has 0 saturated carbocycles. The zero-order chi connectivity index (χ0) is 19.6. The molecule has 7 heteroatoms. The lowest BCUT2D eigenvalue weighted by Gasteiger charge is -2.19. The summed E-state index contributed by atoms with van der Waals surface area (Å²) >= 11 is 0. The third-order valence-corrected chi connectivity index (χ3v) is 4.14. The Morgan fingerprint density at radius 2 is 2.07 bits per heavy atom. The number of ether oxygens (including phenoxy) is 2. The molecular weight excluding hydrogens is 344 g/mol. The standard InChI is InChI=1S/C20H28N4O3/c1-5-24(6-2)11-12-27-19-13-17(8-9-18(19)26-4)22-20(25)10-7-16-14-21-23(3)15-16/h7-10,13-15H,5-6,11-12H2,1-4H3,(H,22,25)/b10-7+. The van der Waals surface area contributed by atoms with Gasteiger partial charge in [0, 0.05) is 43.2 Å². The zero-order valence-electron chi connectivity index (χ0n) is 16.4. The van der Waals surface area contributed by atoms with E-state index >= 15 is 0 Å². The summed E-state index contributed by atoms with van der Waals surface area (Å²) in [4.78, 5) is 14.4. The number of carbonyl (C=O) groups is 1. The Morgan fingerprint density at radius 1 is 1.30 bits per heavy atom. The van der Waals surface area contributed by atoms with E-state index in [1.165, 1.54) is 6.08 Å². The second-order valence-electron chi connectivity index (χ2n) is 6.01. The number of likely N-dealkylation sites (N-methyl/N-ethyl adjacent to an activating group) is 1. The Labute approximate surface area is 160 Å². The van der Waals surface area contributed by atoms with Gasteiger partial charge in [-0.25, -0.2) is 0 Å². The van der Waals surface area contributed by atoms with Crippen LogP contribution in [0.1, 0.15) is 19.4 Å². The van der Waals surface area contributed by atoms with Crippen molar-refractivity contribution in [1.82, 2.24) is 14.7 Å². The Morgan fingerprint density at radius 3 is 2.70 bits per heavy atom. The summed E-state index contributed by atoms with van der Waals surface area (Å²) in [6.07, 6.45) is 6.72. The van der Waals surface area contributed by atoms with Crippen LogP contribution in [-0.4, -0.2) is 53.9 Å². The molecule has 0 bridgehead atoms. The van der Waals surface area contributed by atoms with E-state index in [-0.39, 0.29) is 5.91 Å². The van der Waals surface area contributed by atoms with Crippen molar-refractivity contribution in [3.05, 3.63) is 42.2 Å². The minimum absolute atomic E-state index is 0.224. The molecule has 0 saturated heterocycles. The largest absolute Gasteiger partial charge is 0.493 e. The van der Waals surface area contributed by atoms with Gasteiger partial charge in [-0.15, -0.1) is 0 Å². The van der Waals surface area contributed by atoms with Crippen LogP contribution in [0.25, 0.3) is 6.08 Å². The van der Waals surface area contributed by atoms with Crippen molar-refractivity contribution in [2.75, 3.05) is 38.7 Å². The number of anilines is 1. The summed E-state index contributed by atoms with van der Waals surface area (Å²) in [5.74, 6) is 1.02. The molecule has 0 aliphatic carbocycles. The Kier molecular flexibility index (Phi) is 7.88. The fourth-order valence-corrected chi connectivity index (χ4v) is 2.57. The summed E-state index contributed by atoms with van der Waals surface area (Å²) in [7, 11) is 3.43. The highest BCUT2D eigenvalue weighted by molar-refractivity contribution is 6.02. The number of benzene rings is 1. The van der Waals surface area contributed by atoms with Crippen molar-refractivity contribution < 1.29 is 14.3 Å². The molecule has 0 aliphatic heterocycles. The summed E-state index contributed by atoms with van der Waals surface area (Å²) < 4.78 is 12.9. The van der Waals surface area contributed by atoms with Crippen LogP contribution in [0, 0.1) is 0 Å². The molecule has 0 radical (unpaired) electrons. The van der Waals surface area contributed by atoms with E-state index in [1.54, 1.807) is 42.3 Å². The van der Waals surface area contributed by atoms with E-state index in [4.69, 9.17) is 9.47 Å². The molecule has 2 rings (SSSR count). The molecule has 0 fully saturated rings. The van der Waals surface area contributed by atoms with Crippen molar-refractivity contribution in [3.8, 4) is 11.5 Å². The van der Waals surface area contributed by atoms with Crippen LogP contribution >= 0.6 is 0 Å². The fourth-order valence-electron chi connectivity index (χ4n) is 2.57. The molecule has 1 aromatic carbocycles. The minimum atomic E-state index is -0.224. The number of hydrogen-bond donors (Lipinski definition) is 1. The van der Waals surface area contributed by atoms with E-state index in [0.29, 0.717) is 23.8 Å². The van der Waals surface area contributed by atoms with Crippen LogP contribution in [0.3, 0.4) is 0 Å². The van der Waals surface area contributed by atoms with Gasteiger partial charge in [0.05, 0.1) is 13.3 Å². The van der Waals surface area contributed by atoms with E-state index < -0.39 is 0 Å². The first-order chi connectivity index (χ1) is 13.0. The van der Waals surface area contributed by atoms with Gasteiger partial charge in [0.1, 0.15) is 6.61 Å². The number of rotatable bonds is 10. The third-order valence-electron chi connectivity index (χ3n) is 4.14. The van der Waals surface area contributed by atoms with Gasteiger partial charge in [-0.2, -0.15) is 5.10 Å². The van der Waals surface area contributed by atoms with E-state index in [0.717, 1.165) is 25.2 Å². The van der Waals surface area contributed by atoms with Crippen LogP contribution in [-0.2, 0) is 11.8 Å². The van der Waals surface area contributed by atoms with Gasteiger partial charge in [-0.05, 0) is 31.3 Å². The maximum atomic E-state index is 12.1. The van der Waals surface area contributed by atoms with Gasteiger partial charge in [0.15, 0.2) is 11.5 Å². The average molecular weight is 372 g/mol. The first-order valence-corrected chi connectivity index (χ1v) is 9.06. The quantitative estimate of drug-likeness (QED) is 0.650. The highest BCUT2D eigenvalue weighted by Gasteiger charge is 2.08. The lowest BCUT2D eigenvalue weighted by Crippen LogP contribution is -2.28. The first kappa shape index (κ1) is 20.5. The maximum Gasteiger partial charge on any atom is 0.248 e. The highest BCUT2D eigenvalue weighted by atomic mass is 16.5. The Bertz CT molecular complexity index is 766. The molecule has 0 spiro atoms. The predicted octanol–water partition coefficient (Wildman–Crippen LogP) is 2.80. The first-order valence-electron chi connectivity index (χ1n) is 9.06. The van der Waals surface area contributed by atoms with E-state index in [9.17, 15) is 4.79 Å². The number of nitrogens with zero attached hydrogens (tertiary/aromatic N) is 3. The average Bonchev–Trinajstić information content (AvgIpc) is 3.09. The Hall–Kier alpha value is -2.80. The monoisotopic (exact) mass is 372 g/mol. The molecule has 1 amide bonds. The molecule has 27 heavy (non-hydrogen) atoms. The third kappa shape index (κ3) is 6.45. The van der Waals surface area contributed by atoms with Gasteiger partial charge in [0.2, 0.25) is 5.91 Å². The van der Waals surface area contributed by atoms with Gasteiger partial charge < -0.3 is 19.7 Å². The van der Waals surface area contributed by atoms with Gasteiger partial charge in [-0.3, -0.25) is 9.48 Å². The van der Waals surface area contributed by atoms with Crippen molar-refractivity contribution in [3.63, 3.8) is 0 Å². The number of nitrogens with one attached hydrogen (secondary N) is 1. The predicted molar refractivity (Wildman–Crippen MR) is 107 cm³/mol. The molecule has 1 N–H and O–H groups in total. The molecule has 2 aromatic rings. The summed E-state index contributed by atoms with van der Waals surface area (Å²) in [5, 5.41) is 6.90. The van der Waals surface area contributed by atoms with Crippen LogP contribution < -0.4 is 14.8 Å². The summed E-state index contributed by atoms with van der Waals surface area (Å²) in [6.45, 7) is 7.60. The molecule has 7 nitrogen and oxygen atoms in total. The number of aromatic nitrogens is 2. The maximum absolute atomic E-state index is 12.1. The number of methoxy groups -OCH3 is 1. The van der Waals surface area contributed by atoms with Gasteiger partial charge >= 0.3 is 0 Å². The SMILES string of the molecule is CCN(CC)CCOc1cc(NC(=O)/C=C/c2cnn(C)c2)ccc1OC. The number of hydrogen-bond acceptors (Lipinski definition) is 5. The minimum Gasteiger partial charge on any atom is -0.493 e. The topological polar surface area (TPSA) is 68.6 Å². The van der Waals surface area contributed by atoms with Crippen molar-refractivity contribution in [2.45, 2.75) is 13.8 Å². The molecule has 1 aromatic heterocycles. The smallest absolute Gasteiger partial charge is 0.248 e. The number of aryl methyl sites for hydroxylation is 1. The van der Waals surface area contributed by atoms with Gasteiger partial charge in [0.25, 0.3) is 0 Å². The highest BCUT2D eigenvalue weighted by Crippen LogP contribution is 2.30. The van der Waals surface area contributed by atoms with E-state index in [2.05, 4.69) is 29.2 Å². The molecular formula is C20H28N4O3. The fraction of sp³-hybridized carbons (Fsp3) is 0.400. The molecule has 0 unspecified atom stereocenters. The number of carbonyl (C=O) groups excluding carboxylic acids is 1. The van der Waals surface area contributed by atoms with Crippen LogP contribution in [0.2, 0.25) is 0 Å². The van der Waals surface area contributed by atoms with Gasteiger partial charge in [-0.1, -0.05) is 13.8 Å². The lowest BCUT2D eigenvalue weighted by atomic mass is 10.2. The Balaban J connectivity index is 1.98. The second-order valence-corrected chi connectivity index (χ2v) is 6.01. The second kappa shape index (κ2) is 10.4. The summed E-state index contributed by atoms with van der Waals surface area (Å²) in [5.41, 5.74) is 1.51. The summed E-state index contributed by atoms with van der Waals surface area (Å²) in [6, 6.07) is 5.34. The van der Waals surface area contributed by atoms with Crippen molar-refractivity contribution >= 4 is 17.7 Å². The molecule has 146 valence electrons. The van der Waals surface area contributed by atoms with Crippen LogP contribution in [0.5, 0.6) is 11.5 Å². The van der Waals surface area contributed by atoms with Crippen molar-refractivity contribution in [1.29, 1.82) is 0 Å². The molecule has 1 heterocycles. The molecule has 0 aliphatic rings. The van der Waals surface area contributed by atoms with Crippen molar-refractivity contribution in [2.24, 2.45) is 7.05 Å². The molecule has 0 atom stereocenters. The van der Waals surface area contributed by atoms with Crippen LogP contribution in [0.15, 0.2) is 36.7 Å².